The Hall–Kier alpha value is -1.08. The van der Waals surface area contributed by atoms with Gasteiger partial charge in [-0.05, 0) is 19.8 Å². The minimum atomic E-state index is -0.219. The maximum absolute atomic E-state index is 11.4. The second-order valence-corrected chi connectivity index (χ2v) is 4.48. The lowest BCUT2D eigenvalue weighted by molar-refractivity contribution is -0.122. The Bertz CT molecular complexity index is 272. The fourth-order valence-corrected chi connectivity index (χ4v) is 2.27. The zero-order chi connectivity index (χ0) is 12.0. The highest BCUT2D eigenvalue weighted by molar-refractivity contribution is 5.80. The Morgan fingerprint density at radius 3 is 2.69 bits per heavy atom. The smallest absolute Gasteiger partial charge is 0.236 e. The molecule has 1 fully saturated rings. The second-order valence-electron chi connectivity index (χ2n) is 4.48. The lowest BCUT2D eigenvalue weighted by Gasteiger charge is -2.24. The molecule has 1 aliphatic carbocycles. The Labute approximate surface area is 97.4 Å². The molecular weight excluding hydrogens is 202 g/mol. The second kappa shape index (κ2) is 6.49. The van der Waals surface area contributed by atoms with Gasteiger partial charge in [0.2, 0.25) is 5.91 Å². The van der Waals surface area contributed by atoms with Gasteiger partial charge in [-0.2, -0.15) is 5.26 Å². The van der Waals surface area contributed by atoms with E-state index in [-0.39, 0.29) is 23.9 Å². The quantitative estimate of drug-likeness (QED) is 0.706. The van der Waals surface area contributed by atoms with Crippen LogP contribution in [0.4, 0.5) is 0 Å². The molecule has 0 aromatic heterocycles. The molecule has 2 N–H and O–H groups in total. The highest BCUT2D eigenvalue weighted by Crippen LogP contribution is 2.23. The number of carbonyl (C=O) groups is 1. The average molecular weight is 223 g/mol. The predicted octanol–water partition coefficient (Wildman–Crippen LogP) is 1.18. The fraction of sp³-hybridized carbons (Fsp3) is 0.833. The SMILES string of the molecule is CNC(=O)C(C)NC1CCCCCC1C#N. The van der Waals surface area contributed by atoms with E-state index >= 15 is 0 Å². The van der Waals surface area contributed by atoms with Crippen LogP contribution in [0, 0.1) is 17.2 Å². The van der Waals surface area contributed by atoms with Gasteiger partial charge in [0.1, 0.15) is 0 Å². The van der Waals surface area contributed by atoms with Gasteiger partial charge in [-0.15, -0.1) is 0 Å². The summed E-state index contributed by atoms with van der Waals surface area (Å²) in [5.41, 5.74) is 0. The van der Waals surface area contributed by atoms with E-state index < -0.39 is 0 Å². The number of rotatable bonds is 3. The largest absolute Gasteiger partial charge is 0.358 e. The van der Waals surface area contributed by atoms with Gasteiger partial charge >= 0.3 is 0 Å². The number of carbonyl (C=O) groups excluding carboxylic acids is 1. The zero-order valence-corrected chi connectivity index (χ0v) is 10.1. The number of amides is 1. The lowest BCUT2D eigenvalue weighted by atomic mass is 9.95. The van der Waals surface area contributed by atoms with Gasteiger partial charge in [-0.25, -0.2) is 0 Å². The highest BCUT2D eigenvalue weighted by Gasteiger charge is 2.26. The van der Waals surface area contributed by atoms with Crippen molar-refractivity contribution in [2.24, 2.45) is 5.92 Å². The number of nitriles is 1. The Kier molecular flexibility index (Phi) is 5.27. The third-order valence-electron chi connectivity index (χ3n) is 3.29. The molecule has 1 saturated carbocycles. The Balaban J connectivity index is 2.55. The van der Waals surface area contributed by atoms with Crippen LogP contribution in [-0.4, -0.2) is 25.0 Å². The van der Waals surface area contributed by atoms with Gasteiger partial charge in [0.25, 0.3) is 0 Å². The van der Waals surface area contributed by atoms with Crippen LogP contribution in [0.2, 0.25) is 0 Å². The summed E-state index contributed by atoms with van der Waals surface area (Å²) in [6, 6.07) is 2.31. The highest BCUT2D eigenvalue weighted by atomic mass is 16.2. The average Bonchev–Trinajstić information content (AvgIpc) is 2.52. The van der Waals surface area contributed by atoms with E-state index in [1.807, 2.05) is 6.92 Å². The van der Waals surface area contributed by atoms with Crippen molar-refractivity contribution in [2.75, 3.05) is 7.05 Å². The monoisotopic (exact) mass is 223 g/mol. The van der Waals surface area contributed by atoms with E-state index in [2.05, 4.69) is 16.7 Å². The molecule has 1 aliphatic rings. The van der Waals surface area contributed by atoms with Crippen molar-refractivity contribution in [2.45, 2.75) is 51.1 Å². The van der Waals surface area contributed by atoms with Gasteiger partial charge in [-0.1, -0.05) is 19.3 Å². The molecule has 0 spiro atoms. The molecule has 0 aliphatic heterocycles. The molecule has 16 heavy (non-hydrogen) atoms. The minimum Gasteiger partial charge on any atom is -0.358 e. The number of hydrogen-bond donors (Lipinski definition) is 2. The molecule has 3 atom stereocenters. The van der Waals surface area contributed by atoms with E-state index in [0.29, 0.717) is 0 Å². The first-order valence-corrected chi connectivity index (χ1v) is 6.06. The molecule has 1 amide bonds. The number of nitrogens with one attached hydrogen (secondary N) is 2. The minimum absolute atomic E-state index is 0.0130. The maximum atomic E-state index is 11.4. The first kappa shape index (κ1) is 13.0. The van der Waals surface area contributed by atoms with Gasteiger partial charge < -0.3 is 10.6 Å². The van der Waals surface area contributed by atoms with Gasteiger partial charge in [0.05, 0.1) is 18.0 Å². The fourth-order valence-electron chi connectivity index (χ4n) is 2.27. The first-order chi connectivity index (χ1) is 7.69. The van der Waals surface area contributed by atoms with Crippen molar-refractivity contribution in [3.63, 3.8) is 0 Å². The van der Waals surface area contributed by atoms with Crippen molar-refractivity contribution in [3.05, 3.63) is 0 Å². The Morgan fingerprint density at radius 2 is 2.06 bits per heavy atom. The van der Waals surface area contributed by atoms with Crippen LogP contribution in [0.25, 0.3) is 0 Å². The molecule has 0 radical (unpaired) electrons. The van der Waals surface area contributed by atoms with E-state index in [1.165, 1.54) is 6.42 Å². The zero-order valence-electron chi connectivity index (χ0n) is 10.1. The summed E-state index contributed by atoms with van der Waals surface area (Å²) < 4.78 is 0. The topological polar surface area (TPSA) is 64.9 Å². The van der Waals surface area contributed by atoms with Crippen LogP contribution in [0.5, 0.6) is 0 Å². The van der Waals surface area contributed by atoms with Crippen molar-refractivity contribution in [1.82, 2.24) is 10.6 Å². The van der Waals surface area contributed by atoms with E-state index in [9.17, 15) is 4.79 Å². The summed E-state index contributed by atoms with van der Waals surface area (Å²) in [6.07, 6.45) is 5.43. The van der Waals surface area contributed by atoms with E-state index in [4.69, 9.17) is 5.26 Å². The molecule has 90 valence electrons. The molecule has 3 unspecified atom stereocenters. The number of likely N-dealkylation sites (N-methyl/N-ethyl adjacent to an activating group) is 1. The van der Waals surface area contributed by atoms with Crippen LogP contribution >= 0.6 is 0 Å². The third-order valence-corrected chi connectivity index (χ3v) is 3.29. The third kappa shape index (κ3) is 3.49. The van der Waals surface area contributed by atoms with Crippen LogP contribution in [-0.2, 0) is 4.79 Å². The van der Waals surface area contributed by atoms with E-state index in [1.54, 1.807) is 7.05 Å². The van der Waals surface area contributed by atoms with Crippen LogP contribution < -0.4 is 10.6 Å². The van der Waals surface area contributed by atoms with E-state index in [0.717, 1.165) is 25.7 Å². The van der Waals surface area contributed by atoms with Gasteiger partial charge in [0, 0.05) is 13.1 Å². The summed E-state index contributed by atoms with van der Waals surface area (Å²) in [4.78, 5) is 11.4. The molecule has 0 aromatic carbocycles. The summed E-state index contributed by atoms with van der Waals surface area (Å²) in [7, 11) is 1.63. The van der Waals surface area contributed by atoms with Crippen LogP contribution in [0.1, 0.15) is 39.0 Å². The Morgan fingerprint density at radius 1 is 1.38 bits per heavy atom. The number of hydrogen-bond acceptors (Lipinski definition) is 3. The summed E-state index contributed by atoms with van der Waals surface area (Å²) in [6.45, 7) is 1.85. The maximum Gasteiger partial charge on any atom is 0.236 e. The molecule has 0 bridgehead atoms. The van der Waals surface area contributed by atoms with Crippen molar-refractivity contribution in [3.8, 4) is 6.07 Å². The molecule has 4 nitrogen and oxygen atoms in total. The summed E-state index contributed by atoms with van der Waals surface area (Å²) in [5.74, 6) is 0.0375. The summed E-state index contributed by atoms with van der Waals surface area (Å²) >= 11 is 0. The molecule has 0 aromatic rings. The molecular formula is C12H21N3O. The predicted molar refractivity (Wildman–Crippen MR) is 62.6 cm³/mol. The molecule has 0 heterocycles. The first-order valence-electron chi connectivity index (χ1n) is 6.06. The van der Waals surface area contributed by atoms with Crippen molar-refractivity contribution >= 4 is 5.91 Å². The van der Waals surface area contributed by atoms with Crippen LogP contribution in [0.3, 0.4) is 0 Å². The standard InChI is InChI=1S/C12H21N3O/c1-9(12(16)14-2)15-11-7-5-3-4-6-10(11)8-13/h9-11,15H,3-7H2,1-2H3,(H,14,16). The molecule has 4 heteroatoms. The van der Waals surface area contributed by atoms with Gasteiger partial charge in [-0.3, -0.25) is 4.79 Å². The number of nitrogens with zero attached hydrogens (tertiary/aromatic N) is 1. The summed E-state index contributed by atoms with van der Waals surface area (Å²) in [5, 5.41) is 15.0. The van der Waals surface area contributed by atoms with Gasteiger partial charge in [0.15, 0.2) is 0 Å². The molecule has 0 saturated heterocycles. The van der Waals surface area contributed by atoms with Crippen molar-refractivity contribution in [1.29, 1.82) is 5.26 Å². The molecule has 1 rings (SSSR count). The normalized spacial score (nSPS) is 27.6. The van der Waals surface area contributed by atoms with Crippen LogP contribution in [0.15, 0.2) is 0 Å². The lowest BCUT2D eigenvalue weighted by Crippen LogP contribution is -2.47. The van der Waals surface area contributed by atoms with Crippen molar-refractivity contribution < 1.29 is 4.79 Å².